The molecule has 32 heavy (non-hydrogen) atoms. The van der Waals surface area contributed by atoms with Crippen molar-refractivity contribution in [1.29, 1.82) is 0 Å². The molecule has 3 aliphatic rings. The number of benzene rings is 1. The SMILES string of the molecule is CCOc1ccc(-c2cnc3c(c2)c(OC)c(C(=O)NC24CC(C2)C4)c(=O)n3CC)cc1. The summed E-state index contributed by atoms with van der Waals surface area (Å²) in [6.07, 6.45) is 4.74. The number of pyridine rings is 2. The van der Waals surface area contributed by atoms with Crippen molar-refractivity contribution < 1.29 is 14.3 Å². The molecule has 3 fully saturated rings. The van der Waals surface area contributed by atoms with Gasteiger partial charge in [0.05, 0.1) is 19.1 Å². The van der Waals surface area contributed by atoms with Gasteiger partial charge in [-0.05, 0) is 62.8 Å². The van der Waals surface area contributed by atoms with Crippen molar-refractivity contribution in [3.63, 3.8) is 0 Å². The molecule has 1 N–H and O–H groups in total. The highest BCUT2D eigenvalue weighted by Gasteiger charge is 2.57. The molecule has 3 aromatic rings. The van der Waals surface area contributed by atoms with E-state index in [2.05, 4.69) is 10.3 Å². The minimum absolute atomic E-state index is 0.0530. The minimum atomic E-state index is -0.373. The molecule has 3 aliphatic carbocycles. The van der Waals surface area contributed by atoms with E-state index in [-0.39, 0.29) is 28.3 Å². The Bertz CT molecular complexity index is 1250. The van der Waals surface area contributed by atoms with Crippen molar-refractivity contribution in [1.82, 2.24) is 14.9 Å². The molecule has 1 amide bonds. The van der Waals surface area contributed by atoms with E-state index >= 15 is 0 Å². The van der Waals surface area contributed by atoms with Gasteiger partial charge in [0.25, 0.3) is 11.5 Å². The Morgan fingerprint density at radius 2 is 1.91 bits per heavy atom. The van der Waals surface area contributed by atoms with Crippen molar-refractivity contribution in [3.8, 4) is 22.6 Å². The number of carbonyl (C=O) groups excluding carboxylic acids is 1. The summed E-state index contributed by atoms with van der Waals surface area (Å²) in [6, 6.07) is 9.69. The van der Waals surface area contributed by atoms with Gasteiger partial charge in [0.15, 0.2) is 0 Å². The molecule has 6 rings (SSSR count). The Hall–Kier alpha value is -3.35. The molecule has 0 radical (unpaired) electrons. The maximum Gasteiger partial charge on any atom is 0.268 e. The molecule has 7 heteroatoms. The van der Waals surface area contributed by atoms with Crippen LogP contribution in [-0.2, 0) is 6.54 Å². The molecule has 0 aliphatic heterocycles. The van der Waals surface area contributed by atoms with Gasteiger partial charge in [-0.15, -0.1) is 0 Å². The van der Waals surface area contributed by atoms with E-state index < -0.39 is 0 Å². The van der Waals surface area contributed by atoms with Gasteiger partial charge in [-0.25, -0.2) is 4.98 Å². The smallest absolute Gasteiger partial charge is 0.268 e. The number of fused-ring (bicyclic) bond motifs is 1. The van der Waals surface area contributed by atoms with Crippen LogP contribution in [0.3, 0.4) is 0 Å². The number of methoxy groups -OCH3 is 1. The molecular formula is C25H27N3O4. The second-order valence-electron chi connectivity index (χ2n) is 8.72. The van der Waals surface area contributed by atoms with Gasteiger partial charge in [-0.3, -0.25) is 14.2 Å². The first-order valence-electron chi connectivity index (χ1n) is 11.1. The number of ether oxygens (including phenoxy) is 2. The number of hydrogen-bond donors (Lipinski definition) is 1. The molecular weight excluding hydrogens is 406 g/mol. The van der Waals surface area contributed by atoms with E-state index in [1.54, 1.807) is 6.20 Å². The Morgan fingerprint density at radius 3 is 2.47 bits per heavy atom. The molecule has 0 unspecified atom stereocenters. The molecule has 3 saturated carbocycles. The average Bonchev–Trinajstić information content (AvgIpc) is 2.75. The molecule has 2 bridgehead atoms. The van der Waals surface area contributed by atoms with E-state index in [4.69, 9.17) is 9.47 Å². The highest BCUT2D eigenvalue weighted by Crippen LogP contribution is 2.57. The normalized spacial score (nSPS) is 20.9. The molecule has 0 saturated heterocycles. The van der Waals surface area contributed by atoms with Crippen LogP contribution in [0.2, 0.25) is 0 Å². The lowest BCUT2D eigenvalue weighted by Crippen LogP contribution is -2.68. The van der Waals surface area contributed by atoms with Crippen LogP contribution in [0.4, 0.5) is 0 Å². The number of aromatic nitrogens is 2. The van der Waals surface area contributed by atoms with Crippen LogP contribution in [0.5, 0.6) is 11.5 Å². The predicted molar refractivity (Wildman–Crippen MR) is 122 cm³/mol. The summed E-state index contributed by atoms with van der Waals surface area (Å²) in [6.45, 7) is 4.83. The van der Waals surface area contributed by atoms with Gasteiger partial charge < -0.3 is 14.8 Å². The topological polar surface area (TPSA) is 82.5 Å². The van der Waals surface area contributed by atoms with Crippen LogP contribution in [0, 0.1) is 5.92 Å². The fraction of sp³-hybridized carbons (Fsp3) is 0.400. The summed E-state index contributed by atoms with van der Waals surface area (Å²) in [5, 5.41) is 3.75. The number of carbonyl (C=O) groups is 1. The first-order valence-corrected chi connectivity index (χ1v) is 11.1. The largest absolute Gasteiger partial charge is 0.495 e. The molecule has 2 aromatic heterocycles. The molecule has 1 aromatic carbocycles. The summed E-state index contributed by atoms with van der Waals surface area (Å²) in [5.74, 6) is 1.44. The zero-order chi connectivity index (χ0) is 22.5. The van der Waals surface area contributed by atoms with Crippen molar-refractivity contribution in [2.75, 3.05) is 13.7 Å². The molecule has 7 nitrogen and oxygen atoms in total. The van der Waals surface area contributed by atoms with Crippen molar-refractivity contribution >= 4 is 16.9 Å². The van der Waals surface area contributed by atoms with Gasteiger partial charge in [0, 0.05) is 23.8 Å². The summed E-state index contributed by atoms with van der Waals surface area (Å²) in [5.41, 5.74) is 1.88. The Morgan fingerprint density at radius 1 is 1.19 bits per heavy atom. The second kappa shape index (κ2) is 7.65. The van der Waals surface area contributed by atoms with Crippen LogP contribution in [0.25, 0.3) is 22.2 Å². The van der Waals surface area contributed by atoms with E-state index in [9.17, 15) is 9.59 Å². The zero-order valence-electron chi connectivity index (χ0n) is 18.6. The molecule has 0 atom stereocenters. The van der Waals surface area contributed by atoms with Crippen LogP contribution in [0.15, 0.2) is 41.3 Å². The van der Waals surface area contributed by atoms with Crippen LogP contribution in [0.1, 0.15) is 43.5 Å². The standard InChI is InChI=1S/C25H27N3O4/c1-4-28-22-19(10-17(14-26-22)16-6-8-18(9-7-16)32-5-2)21(31-3)20(24(28)30)23(29)27-25-11-15(12-25)13-25/h6-10,14-15H,4-5,11-13H2,1-3H3,(H,27,29). The van der Waals surface area contributed by atoms with E-state index in [0.717, 1.165) is 42.1 Å². The maximum absolute atomic E-state index is 13.3. The Balaban J connectivity index is 1.62. The highest BCUT2D eigenvalue weighted by molar-refractivity contribution is 6.03. The first-order chi connectivity index (χ1) is 15.5. The third-order valence-electron chi connectivity index (χ3n) is 6.72. The lowest BCUT2D eigenvalue weighted by molar-refractivity contribution is -0.0439. The first kappa shape index (κ1) is 20.5. The van der Waals surface area contributed by atoms with Crippen LogP contribution >= 0.6 is 0 Å². The van der Waals surface area contributed by atoms with Gasteiger partial charge in [-0.1, -0.05) is 12.1 Å². The number of aryl methyl sites for hydroxylation is 1. The molecule has 0 spiro atoms. The second-order valence-corrected chi connectivity index (χ2v) is 8.72. The third-order valence-corrected chi connectivity index (χ3v) is 6.72. The lowest BCUT2D eigenvalue weighted by atomic mass is 9.50. The Labute approximate surface area is 186 Å². The Kier molecular flexibility index (Phi) is 4.92. The van der Waals surface area contributed by atoms with Crippen molar-refractivity contribution in [3.05, 3.63) is 52.4 Å². The third kappa shape index (κ3) is 3.15. The van der Waals surface area contributed by atoms with Gasteiger partial charge in [0.2, 0.25) is 0 Å². The summed E-state index contributed by atoms with van der Waals surface area (Å²) >= 11 is 0. The summed E-state index contributed by atoms with van der Waals surface area (Å²) in [4.78, 5) is 31.1. The van der Waals surface area contributed by atoms with E-state index in [1.165, 1.54) is 11.7 Å². The fourth-order valence-corrected chi connectivity index (χ4v) is 5.01. The van der Waals surface area contributed by atoms with Crippen molar-refractivity contribution in [2.45, 2.75) is 45.2 Å². The zero-order valence-corrected chi connectivity index (χ0v) is 18.6. The van der Waals surface area contributed by atoms with Crippen LogP contribution < -0.4 is 20.3 Å². The lowest BCUT2D eigenvalue weighted by Gasteiger charge is -2.61. The van der Waals surface area contributed by atoms with E-state index in [1.807, 2.05) is 44.2 Å². The van der Waals surface area contributed by atoms with Gasteiger partial charge >= 0.3 is 0 Å². The average molecular weight is 434 g/mol. The monoisotopic (exact) mass is 433 g/mol. The van der Waals surface area contributed by atoms with Crippen molar-refractivity contribution in [2.24, 2.45) is 5.92 Å². The number of nitrogens with zero attached hydrogens (tertiary/aromatic N) is 2. The highest BCUT2D eigenvalue weighted by atomic mass is 16.5. The number of nitrogens with one attached hydrogen (secondary N) is 1. The number of amides is 1. The predicted octanol–water partition coefficient (Wildman–Crippen LogP) is 3.77. The number of hydrogen-bond acceptors (Lipinski definition) is 5. The molecule has 166 valence electrons. The van der Waals surface area contributed by atoms with E-state index in [0.29, 0.717) is 24.2 Å². The molecule has 2 heterocycles. The van der Waals surface area contributed by atoms with Gasteiger partial charge in [-0.2, -0.15) is 0 Å². The van der Waals surface area contributed by atoms with Crippen LogP contribution in [-0.4, -0.2) is 34.7 Å². The maximum atomic E-state index is 13.3. The summed E-state index contributed by atoms with van der Waals surface area (Å²) in [7, 11) is 1.49. The minimum Gasteiger partial charge on any atom is -0.495 e. The fourth-order valence-electron chi connectivity index (χ4n) is 5.01. The number of rotatable bonds is 7. The quantitative estimate of drug-likeness (QED) is 0.613. The summed E-state index contributed by atoms with van der Waals surface area (Å²) < 4.78 is 12.7. The van der Waals surface area contributed by atoms with Gasteiger partial charge in [0.1, 0.15) is 22.7 Å².